The number of anilines is 2. The molecule has 1 aliphatic rings. The first kappa shape index (κ1) is 37.4. The molecule has 3 aromatic rings. The summed E-state index contributed by atoms with van der Waals surface area (Å²) < 4.78 is 0. The molecule has 264 valence electrons. The lowest BCUT2D eigenvalue weighted by Gasteiger charge is -2.34. The zero-order valence-electron chi connectivity index (χ0n) is 29.1. The molecule has 3 amide bonds. The maximum Gasteiger partial charge on any atom is 0.409 e. The second kappa shape index (κ2) is 19.6. The minimum atomic E-state index is -1.06. The predicted octanol–water partition coefficient (Wildman–Crippen LogP) is 6.60. The van der Waals surface area contributed by atoms with E-state index in [9.17, 15) is 19.5 Å². The van der Waals surface area contributed by atoms with Gasteiger partial charge in [-0.25, -0.2) is 4.79 Å². The highest BCUT2D eigenvalue weighted by Gasteiger charge is 2.25. The van der Waals surface area contributed by atoms with Crippen LogP contribution in [0.25, 0.3) is 11.1 Å². The number of nitrogens with one attached hydrogen (secondary N) is 2. The van der Waals surface area contributed by atoms with Gasteiger partial charge < -0.3 is 30.2 Å². The second-order valence-corrected chi connectivity index (χ2v) is 13.0. The van der Waals surface area contributed by atoms with Crippen molar-refractivity contribution in [3.8, 4) is 11.1 Å². The van der Waals surface area contributed by atoms with Gasteiger partial charge in [-0.05, 0) is 92.9 Å². The molecule has 0 aromatic heterocycles. The van der Waals surface area contributed by atoms with Crippen molar-refractivity contribution >= 4 is 29.3 Å². The van der Waals surface area contributed by atoms with Crippen LogP contribution in [0.2, 0.25) is 0 Å². The molecule has 0 aliphatic carbocycles. The van der Waals surface area contributed by atoms with E-state index in [1.54, 1.807) is 11.9 Å². The number of hydrogen-bond acceptors (Lipinski definition) is 6. The van der Waals surface area contributed by atoms with E-state index in [2.05, 4.69) is 15.5 Å². The smallest absolute Gasteiger partial charge is 0.409 e. The zero-order valence-corrected chi connectivity index (χ0v) is 29.1. The van der Waals surface area contributed by atoms with Crippen molar-refractivity contribution < 1.29 is 24.6 Å². The Labute approximate surface area is 291 Å². The molecule has 0 unspecified atom stereocenters. The van der Waals surface area contributed by atoms with Crippen LogP contribution in [0.3, 0.4) is 0 Å². The fraction of sp³-hybridized carbons (Fsp3) is 0.462. The lowest BCUT2D eigenvalue weighted by atomic mass is 9.86. The Bertz CT molecular complexity index is 1470. The molecule has 1 saturated heterocycles. The molecule has 1 fully saturated rings. The minimum Gasteiger partial charge on any atom is -0.465 e. The van der Waals surface area contributed by atoms with Gasteiger partial charge in [0, 0.05) is 70.1 Å². The summed E-state index contributed by atoms with van der Waals surface area (Å²) in [5.41, 5.74) is 5.23. The third-order valence-corrected chi connectivity index (χ3v) is 9.39. The number of aliphatic hydroxyl groups excluding tert-OH is 1. The minimum absolute atomic E-state index is 0.0182. The summed E-state index contributed by atoms with van der Waals surface area (Å²) in [7, 11) is 3.67. The number of amides is 3. The van der Waals surface area contributed by atoms with Gasteiger partial charge >= 0.3 is 6.09 Å². The number of unbranched alkanes of at least 4 members (excludes halogenated alkanes) is 3. The Hall–Kier alpha value is -4.41. The molecule has 0 spiro atoms. The number of hydrogen-bond donors (Lipinski definition) is 4. The van der Waals surface area contributed by atoms with Crippen molar-refractivity contribution in [3.63, 3.8) is 0 Å². The van der Waals surface area contributed by atoms with Crippen molar-refractivity contribution in [3.05, 3.63) is 83.9 Å². The Kier molecular flexibility index (Phi) is 14.9. The number of para-hydroxylation sites is 1. The van der Waals surface area contributed by atoms with Crippen molar-refractivity contribution in [2.45, 2.75) is 57.3 Å². The largest absolute Gasteiger partial charge is 0.465 e. The number of rotatable bonds is 18. The fourth-order valence-electron chi connectivity index (χ4n) is 6.41. The molecule has 4 rings (SSSR count). The van der Waals surface area contributed by atoms with E-state index in [4.69, 9.17) is 5.11 Å². The van der Waals surface area contributed by atoms with Crippen LogP contribution < -0.4 is 10.6 Å². The first-order valence-corrected chi connectivity index (χ1v) is 17.6. The van der Waals surface area contributed by atoms with Gasteiger partial charge in [-0.15, -0.1) is 0 Å². The summed E-state index contributed by atoms with van der Waals surface area (Å²) in [5, 5.41) is 24.6. The molecule has 0 atom stereocenters. The Balaban J connectivity index is 1.12. The SMILES string of the molecule is CN(CCN1CCC(c2cccc(-c3ccccc3)c2NC(=O)O)CC1)C(=O)CCCCCNc1ccc(C(=O)N(C)CCCCO)cc1. The number of aliphatic hydroxyl groups is 1. The highest BCUT2D eigenvalue weighted by atomic mass is 16.4. The topological polar surface area (TPSA) is 125 Å². The van der Waals surface area contributed by atoms with Crippen LogP contribution in [-0.2, 0) is 4.79 Å². The van der Waals surface area contributed by atoms with Crippen LogP contribution in [0.1, 0.15) is 73.2 Å². The number of carbonyl (C=O) groups is 3. The maximum atomic E-state index is 12.8. The Morgan fingerprint density at radius 3 is 2.24 bits per heavy atom. The summed E-state index contributed by atoms with van der Waals surface area (Å²) >= 11 is 0. The van der Waals surface area contributed by atoms with E-state index >= 15 is 0 Å². The van der Waals surface area contributed by atoms with Gasteiger partial charge in [0.1, 0.15) is 0 Å². The summed E-state index contributed by atoms with van der Waals surface area (Å²) in [4.78, 5) is 43.0. The first-order valence-electron chi connectivity index (χ1n) is 17.6. The number of carboxylic acid groups (broad SMARTS) is 1. The third-order valence-electron chi connectivity index (χ3n) is 9.39. The highest BCUT2D eigenvalue weighted by Crippen LogP contribution is 2.39. The molecule has 0 bridgehead atoms. The highest BCUT2D eigenvalue weighted by molar-refractivity contribution is 5.94. The second-order valence-electron chi connectivity index (χ2n) is 13.0. The predicted molar refractivity (Wildman–Crippen MR) is 196 cm³/mol. The molecule has 10 nitrogen and oxygen atoms in total. The number of piperidine rings is 1. The number of benzene rings is 3. The molecule has 0 radical (unpaired) electrons. The monoisotopic (exact) mass is 671 g/mol. The number of likely N-dealkylation sites (N-methyl/N-ethyl adjacent to an activating group) is 1. The van der Waals surface area contributed by atoms with Crippen molar-refractivity contribution in [1.29, 1.82) is 0 Å². The molecule has 3 aromatic carbocycles. The van der Waals surface area contributed by atoms with Crippen LogP contribution in [-0.4, -0.2) is 103 Å². The van der Waals surface area contributed by atoms with Crippen molar-refractivity contribution in [1.82, 2.24) is 14.7 Å². The van der Waals surface area contributed by atoms with Gasteiger partial charge in [0.05, 0.1) is 5.69 Å². The van der Waals surface area contributed by atoms with Gasteiger partial charge in [-0.2, -0.15) is 0 Å². The summed E-state index contributed by atoms with van der Waals surface area (Å²) in [5.74, 6) is 0.418. The zero-order chi connectivity index (χ0) is 35.0. The first-order chi connectivity index (χ1) is 23.8. The van der Waals surface area contributed by atoms with Crippen molar-refractivity contribution in [2.75, 3.05) is 70.6 Å². The number of likely N-dealkylation sites (tertiary alicyclic amines) is 1. The van der Waals surface area contributed by atoms with Crippen LogP contribution in [0.15, 0.2) is 72.8 Å². The van der Waals surface area contributed by atoms with Gasteiger partial charge in [-0.3, -0.25) is 14.9 Å². The lowest BCUT2D eigenvalue weighted by molar-refractivity contribution is -0.130. The van der Waals surface area contributed by atoms with Crippen LogP contribution in [0.5, 0.6) is 0 Å². The average Bonchev–Trinajstić information content (AvgIpc) is 3.12. The van der Waals surface area contributed by atoms with E-state index < -0.39 is 6.09 Å². The number of carbonyl (C=O) groups excluding carboxylic acids is 2. The van der Waals surface area contributed by atoms with Crippen LogP contribution in [0.4, 0.5) is 16.2 Å². The molecule has 10 heteroatoms. The van der Waals surface area contributed by atoms with Gasteiger partial charge in [-0.1, -0.05) is 55.0 Å². The summed E-state index contributed by atoms with van der Waals surface area (Å²) in [6.45, 7) is 4.90. The Morgan fingerprint density at radius 1 is 0.816 bits per heavy atom. The van der Waals surface area contributed by atoms with Crippen LogP contribution >= 0.6 is 0 Å². The summed E-state index contributed by atoms with van der Waals surface area (Å²) in [6.07, 6.45) is 5.59. The molecule has 4 N–H and O–H groups in total. The molecule has 1 aliphatic heterocycles. The number of nitrogens with zero attached hydrogens (tertiary/aromatic N) is 3. The quantitative estimate of drug-likeness (QED) is 0.112. The van der Waals surface area contributed by atoms with Gasteiger partial charge in [0.15, 0.2) is 0 Å². The van der Waals surface area contributed by atoms with Gasteiger partial charge in [0.25, 0.3) is 5.91 Å². The lowest BCUT2D eigenvalue weighted by Crippen LogP contribution is -2.40. The van der Waals surface area contributed by atoms with E-state index in [-0.39, 0.29) is 24.3 Å². The molecular weight excluding hydrogens is 618 g/mol. The fourth-order valence-corrected chi connectivity index (χ4v) is 6.41. The van der Waals surface area contributed by atoms with Crippen molar-refractivity contribution in [2.24, 2.45) is 0 Å². The maximum absolute atomic E-state index is 12.8. The molecule has 1 heterocycles. The molecular formula is C39H53N5O5. The van der Waals surface area contributed by atoms with E-state index in [0.29, 0.717) is 37.2 Å². The molecule has 0 saturated carbocycles. The van der Waals surface area contributed by atoms with Crippen LogP contribution in [0, 0.1) is 0 Å². The normalized spacial score (nSPS) is 13.5. The van der Waals surface area contributed by atoms with Gasteiger partial charge in [0.2, 0.25) is 5.91 Å². The summed E-state index contributed by atoms with van der Waals surface area (Å²) in [6, 6.07) is 23.4. The van der Waals surface area contributed by atoms with E-state index in [1.165, 1.54) is 0 Å². The van der Waals surface area contributed by atoms with E-state index in [0.717, 1.165) is 87.1 Å². The molecule has 49 heavy (non-hydrogen) atoms. The Morgan fingerprint density at radius 2 is 1.55 bits per heavy atom. The third kappa shape index (κ3) is 11.6. The standard InChI is InChI=1S/C39H53N5O5/c1-42(36(46)16-7-4-8-23-40-33-19-17-32(18-20-33)38(47)43(2)24-9-10-29-45)27-28-44-25-21-31(22-26-44)35-15-11-14-34(37(35)41-39(48)49)30-12-5-3-6-13-30/h3,5-6,11-15,17-20,31,40-41,45H,4,7-10,16,21-29H2,1-2H3,(H,48,49). The average molecular weight is 672 g/mol. The van der Waals surface area contributed by atoms with E-state index in [1.807, 2.05) is 84.7 Å².